The summed E-state index contributed by atoms with van der Waals surface area (Å²) in [6.07, 6.45) is 0.264. The van der Waals surface area contributed by atoms with Crippen molar-refractivity contribution in [1.29, 1.82) is 0 Å². The molecule has 1 heterocycles. The van der Waals surface area contributed by atoms with Gasteiger partial charge >= 0.3 is 6.18 Å². The van der Waals surface area contributed by atoms with E-state index in [2.05, 4.69) is 20.8 Å². The molecular formula is C21H17F3N4O2S. The average molecular weight is 446 g/mol. The first-order valence-electron chi connectivity index (χ1n) is 9.08. The molecule has 10 heteroatoms. The van der Waals surface area contributed by atoms with Crippen molar-refractivity contribution in [2.75, 3.05) is 5.32 Å². The SMILES string of the molecule is O=C(C[C@@H]1S/C(=N/N=C\C=C\c2ccccc2)NC1=O)Nc1cccc(C(F)(F)F)c1. The summed E-state index contributed by atoms with van der Waals surface area (Å²) < 4.78 is 38.3. The van der Waals surface area contributed by atoms with E-state index in [4.69, 9.17) is 0 Å². The van der Waals surface area contributed by atoms with Gasteiger partial charge in [-0.25, -0.2) is 0 Å². The first-order valence-corrected chi connectivity index (χ1v) is 9.96. The molecule has 0 radical (unpaired) electrons. The summed E-state index contributed by atoms with van der Waals surface area (Å²) in [5.41, 5.74) is 0.135. The number of nitrogens with zero attached hydrogens (tertiary/aromatic N) is 2. The van der Waals surface area contributed by atoms with E-state index in [1.807, 2.05) is 36.4 Å². The lowest BCUT2D eigenvalue weighted by molar-refractivity contribution is -0.137. The summed E-state index contributed by atoms with van der Waals surface area (Å²) in [5.74, 6) is -1.000. The van der Waals surface area contributed by atoms with Crippen LogP contribution in [0.15, 0.2) is 70.9 Å². The zero-order valence-corrected chi connectivity index (χ0v) is 16.8. The minimum atomic E-state index is -4.51. The minimum Gasteiger partial charge on any atom is -0.326 e. The van der Waals surface area contributed by atoms with Crippen LogP contribution in [-0.4, -0.2) is 28.4 Å². The molecule has 1 atom stereocenters. The number of benzene rings is 2. The number of carbonyl (C=O) groups is 2. The van der Waals surface area contributed by atoms with Crippen molar-refractivity contribution in [1.82, 2.24) is 5.32 Å². The van der Waals surface area contributed by atoms with Crippen molar-refractivity contribution in [3.8, 4) is 0 Å². The second kappa shape index (κ2) is 10.1. The smallest absolute Gasteiger partial charge is 0.326 e. The molecule has 2 aromatic rings. The standard InChI is InChI=1S/C21H17F3N4O2S/c22-21(23,24)15-9-4-10-16(12-15)26-18(29)13-17-19(30)27-20(31-17)28-25-11-5-8-14-6-2-1-3-7-14/h1-12,17H,13H2,(H,26,29)(H,27,28,30)/b8-5+,25-11-/t17-/m0/s1. The highest BCUT2D eigenvalue weighted by atomic mass is 32.2. The van der Waals surface area contributed by atoms with E-state index < -0.39 is 28.8 Å². The molecule has 0 spiro atoms. The Morgan fingerprint density at radius 2 is 1.94 bits per heavy atom. The van der Waals surface area contributed by atoms with E-state index in [0.29, 0.717) is 0 Å². The Morgan fingerprint density at radius 1 is 1.16 bits per heavy atom. The normalized spacial score (nSPS) is 18.1. The predicted octanol–water partition coefficient (Wildman–Crippen LogP) is 4.32. The van der Waals surface area contributed by atoms with E-state index in [1.165, 1.54) is 18.3 Å². The summed E-state index contributed by atoms with van der Waals surface area (Å²) in [4.78, 5) is 24.2. The molecule has 0 unspecified atom stereocenters. The number of carbonyl (C=O) groups excluding carboxylic acids is 2. The van der Waals surface area contributed by atoms with Crippen molar-refractivity contribution in [3.05, 3.63) is 71.8 Å². The Balaban J connectivity index is 1.52. The van der Waals surface area contributed by atoms with Crippen molar-refractivity contribution < 1.29 is 22.8 Å². The van der Waals surface area contributed by atoms with Crippen molar-refractivity contribution in [3.63, 3.8) is 0 Å². The van der Waals surface area contributed by atoms with Gasteiger partial charge in [0.15, 0.2) is 5.17 Å². The highest BCUT2D eigenvalue weighted by Crippen LogP contribution is 2.31. The maximum Gasteiger partial charge on any atom is 0.416 e. The molecule has 0 saturated carbocycles. The van der Waals surface area contributed by atoms with Crippen molar-refractivity contribution in [2.45, 2.75) is 17.8 Å². The zero-order valence-electron chi connectivity index (χ0n) is 16.0. The lowest BCUT2D eigenvalue weighted by Crippen LogP contribution is -2.28. The summed E-state index contributed by atoms with van der Waals surface area (Å²) in [6.45, 7) is 0. The first kappa shape index (κ1) is 22.3. The number of amides is 2. The fourth-order valence-corrected chi connectivity index (χ4v) is 3.51. The molecule has 6 nitrogen and oxygen atoms in total. The third-order valence-corrected chi connectivity index (χ3v) is 5.08. The largest absolute Gasteiger partial charge is 0.416 e. The molecule has 1 aliphatic rings. The number of hydrogen-bond acceptors (Lipinski definition) is 5. The molecule has 2 aromatic carbocycles. The van der Waals surface area contributed by atoms with E-state index in [0.717, 1.165) is 29.5 Å². The lowest BCUT2D eigenvalue weighted by Gasteiger charge is -2.10. The minimum absolute atomic E-state index is 0.00641. The highest BCUT2D eigenvalue weighted by Gasteiger charge is 2.33. The maximum absolute atomic E-state index is 12.8. The molecular weight excluding hydrogens is 429 g/mol. The molecule has 1 fully saturated rings. The lowest BCUT2D eigenvalue weighted by atomic mass is 10.2. The summed E-state index contributed by atoms with van der Waals surface area (Å²) in [7, 11) is 0. The number of alkyl halides is 3. The van der Waals surface area contributed by atoms with Gasteiger partial charge in [-0.2, -0.15) is 18.3 Å². The van der Waals surface area contributed by atoms with Crippen LogP contribution in [0.5, 0.6) is 0 Å². The van der Waals surface area contributed by atoms with E-state index >= 15 is 0 Å². The van der Waals surface area contributed by atoms with Crippen LogP contribution < -0.4 is 10.6 Å². The molecule has 2 amide bonds. The van der Waals surface area contributed by atoms with Crippen LogP contribution in [0.1, 0.15) is 17.5 Å². The first-order chi connectivity index (χ1) is 14.8. The molecule has 1 saturated heterocycles. The van der Waals surface area contributed by atoms with Gasteiger partial charge in [0.1, 0.15) is 5.25 Å². The Labute approximate surface area is 180 Å². The van der Waals surface area contributed by atoms with E-state index in [9.17, 15) is 22.8 Å². The number of rotatable bonds is 6. The van der Waals surface area contributed by atoms with Gasteiger partial charge in [0, 0.05) is 18.3 Å². The predicted molar refractivity (Wildman–Crippen MR) is 116 cm³/mol. The third-order valence-electron chi connectivity index (χ3n) is 4.01. The topological polar surface area (TPSA) is 82.9 Å². The van der Waals surface area contributed by atoms with Crippen LogP contribution in [0.4, 0.5) is 18.9 Å². The van der Waals surface area contributed by atoms with Gasteiger partial charge < -0.3 is 10.6 Å². The molecule has 1 aliphatic heterocycles. The Hall–Kier alpha value is -3.40. The second-order valence-electron chi connectivity index (χ2n) is 6.37. The van der Waals surface area contributed by atoms with Gasteiger partial charge in [-0.15, -0.1) is 5.10 Å². The average Bonchev–Trinajstić information content (AvgIpc) is 3.07. The summed E-state index contributed by atoms with van der Waals surface area (Å²) in [6, 6.07) is 13.9. The number of amidine groups is 1. The van der Waals surface area contributed by atoms with E-state index in [-0.39, 0.29) is 17.3 Å². The number of anilines is 1. The molecule has 31 heavy (non-hydrogen) atoms. The fourth-order valence-electron chi connectivity index (χ4n) is 2.58. The van der Waals surface area contributed by atoms with Crippen LogP contribution in [0, 0.1) is 0 Å². The van der Waals surface area contributed by atoms with Gasteiger partial charge in [0.2, 0.25) is 11.8 Å². The maximum atomic E-state index is 12.8. The molecule has 0 aliphatic carbocycles. The van der Waals surface area contributed by atoms with Crippen molar-refractivity contribution >= 4 is 46.7 Å². The number of thioether (sulfide) groups is 1. The van der Waals surface area contributed by atoms with Gasteiger partial charge in [0.05, 0.1) is 5.56 Å². The molecule has 2 N–H and O–H groups in total. The number of halogens is 3. The summed E-state index contributed by atoms with van der Waals surface area (Å²) in [5, 5.41) is 12.1. The highest BCUT2D eigenvalue weighted by molar-refractivity contribution is 8.15. The van der Waals surface area contributed by atoms with E-state index in [1.54, 1.807) is 6.08 Å². The zero-order chi connectivity index (χ0) is 22.3. The Kier molecular flexibility index (Phi) is 7.24. The monoisotopic (exact) mass is 446 g/mol. The number of allylic oxidation sites excluding steroid dienone is 1. The molecule has 0 aromatic heterocycles. The number of nitrogens with one attached hydrogen (secondary N) is 2. The summed E-state index contributed by atoms with van der Waals surface area (Å²) >= 11 is 1.03. The molecule has 0 bridgehead atoms. The van der Waals surface area contributed by atoms with Gasteiger partial charge in [-0.3, -0.25) is 9.59 Å². The van der Waals surface area contributed by atoms with Gasteiger partial charge in [0.25, 0.3) is 0 Å². The third kappa shape index (κ3) is 6.82. The van der Waals surface area contributed by atoms with Crippen molar-refractivity contribution in [2.24, 2.45) is 10.2 Å². The second-order valence-corrected chi connectivity index (χ2v) is 7.56. The molecule has 3 rings (SSSR count). The van der Waals surface area contributed by atoms with Crippen LogP contribution in [0.3, 0.4) is 0 Å². The van der Waals surface area contributed by atoms with Crippen LogP contribution in [0.2, 0.25) is 0 Å². The number of hydrogen-bond donors (Lipinski definition) is 2. The van der Waals surface area contributed by atoms with Crippen LogP contribution in [0.25, 0.3) is 6.08 Å². The van der Waals surface area contributed by atoms with Gasteiger partial charge in [-0.05, 0) is 29.8 Å². The molecule has 160 valence electrons. The quantitative estimate of drug-likeness (QED) is 0.512. The van der Waals surface area contributed by atoms with Crippen LogP contribution >= 0.6 is 11.8 Å². The Morgan fingerprint density at radius 3 is 2.68 bits per heavy atom. The van der Waals surface area contributed by atoms with Gasteiger partial charge in [-0.1, -0.05) is 54.2 Å². The fraction of sp³-hybridized carbons (Fsp3) is 0.143. The van der Waals surface area contributed by atoms with Crippen LogP contribution in [-0.2, 0) is 15.8 Å². The Bertz CT molecular complexity index is 1040.